The van der Waals surface area contributed by atoms with Gasteiger partial charge in [0.1, 0.15) is 0 Å². The van der Waals surface area contributed by atoms with Crippen molar-refractivity contribution < 1.29 is 8.42 Å². The maximum atomic E-state index is 11.7. The second kappa shape index (κ2) is 4.81. The molecular formula is C10H17NO2S. The first-order valence-corrected chi connectivity index (χ1v) is 6.55. The summed E-state index contributed by atoms with van der Waals surface area (Å²) in [6.45, 7) is 1.80. The van der Waals surface area contributed by atoms with Crippen molar-refractivity contribution in [2.75, 3.05) is 0 Å². The lowest BCUT2D eigenvalue weighted by atomic mass is 10.3. The maximum Gasteiger partial charge on any atom is 0.214 e. The molecule has 0 aromatic heterocycles. The number of hydrogen-bond donors (Lipinski definition) is 1. The minimum atomic E-state index is -3.13. The van der Waals surface area contributed by atoms with Crippen molar-refractivity contribution >= 4 is 10.0 Å². The first-order valence-electron chi connectivity index (χ1n) is 5.01. The molecule has 4 heteroatoms. The third-order valence-electron chi connectivity index (χ3n) is 2.53. The summed E-state index contributed by atoms with van der Waals surface area (Å²) in [7, 11) is -3.13. The topological polar surface area (TPSA) is 46.2 Å². The van der Waals surface area contributed by atoms with E-state index in [2.05, 4.69) is 10.6 Å². The highest BCUT2D eigenvalue weighted by Gasteiger charge is 2.29. The fourth-order valence-corrected chi connectivity index (χ4v) is 3.58. The van der Waals surface area contributed by atoms with Gasteiger partial charge in [0.2, 0.25) is 10.0 Å². The van der Waals surface area contributed by atoms with Crippen LogP contribution in [0.1, 0.15) is 39.0 Å². The van der Waals surface area contributed by atoms with Crippen LogP contribution in [0.2, 0.25) is 0 Å². The molecule has 80 valence electrons. The molecule has 0 spiro atoms. The Kier molecular flexibility index (Phi) is 3.97. The average molecular weight is 215 g/mol. The molecule has 0 aromatic rings. The highest BCUT2D eigenvalue weighted by Crippen LogP contribution is 2.24. The van der Waals surface area contributed by atoms with Crippen LogP contribution < -0.4 is 4.72 Å². The number of rotatable bonds is 4. The standard InChI is InChI=1S/C10H17NO2S/c1-3-6-9(2)11-14(12,13)10-7-4-5-8-10/h1,9-11H,4-8H2,2H3. The van der Waals surface area contributed by atoms with E-state index >= 15 is 0 Å². The van der Waals surface area contributed by atoms with Gasteiger partial charge in [0, 0.05) is 12.5 Å². The lowest BCUT2D eigenvalue weighted by Gasteiger charge is -2.15. The van der Waals surface area contributed by atoms with Crippen LogP contribution in [-0.4, -0.2) is 19.7 Å². The van der Waals surface area contributed by atoms with E-state index in [1.165, 1.54) is 0 Å². The van der Waals surface area contributed by atoms with Crippen LogP contribution in [-0.2, 0) is 10.0 Å². The molecule has 1 unspecified atom stereocenters. The Morgan fingerprint density at radius 1 is 1.50 bits per heavy atom. The molecule has 0 amide bonds. The molecule has 0 aliphatic heterocycles. The lowest BCUT2D eigenvalue weighted by Crippen LogP contribution is -2.38. The number of hydrogen-bond acceptors (Lipinski definition) is 2. The van der Waals surface area contributed by atoms with Gasteiger partial charge in [-0.15, -0.1) is 12.3 Å². The summed E-state index contributed by atoms with van der Waals surface area (Å²) < 4.78 is 26.1. The Morgan fingerprint density at radius 2 is 2.07 bits per heavy atom. The van der Waals surface area contributed by atoms with Crippen LogP contribution in [0.15, 0.2) is 0 Å². The predicted octanol–water partition coefficient (Wildman–Crippen LogP) is 1.26. The van der Waals surface area contributed by atoms with E-state index in [9.17, 15) is 8.42 Å². The molecule has 1 fully saturated rings. The van der Waals surface area contributed by atoms with Crippen LogP contribution in [0.5, 0.6) is 0 Å². The second-order valence-corrected chi connectivity index (χ2v) is 5.87. The third kappa shape index (κ3) is 3.00. The van der Waals surface area contributed by atoms with Crippen molar-refractivity contribution in [1.29, 1.82) is 0 Å². The summed E-state index contributed by atoms with van der Waals surface area (Å²) in [5.74, 6) is 2.45. The van der Waals surface area contributed by atoms with Crippen LogP contribution >= 0.6 is 0 Å². The van der Waals surface area contributed by atoms with Gasteiger partial charge in [-0.2, -0.15) is 0 Å². The number of nitrogens with one attached hydrogen (secondary N) is 1. The zero-order valence-electron chi connectivity index (χ0n) is 8.49. The molecular weight excluding hydrogens is 198 g/mol. The van der Waals surface area contributed by atoms with Gasteiger partial charge in [0.15, 0.2) is 0 Å². The zero-order valence-corrected chi connectivity index (χ0v) is 9.31. The van der Waals surface area contributed by atoms with E-state index in [0.29, 0.717) is 6.42 Å². The highest BCUT2D eigenvalue weighted by atomic mass is 32.2. The van der Waals surface area contributed by atoms with Crippen LogP contribution in [0.3, 0.4) is 0 Å². The fraction of sp³-hybridized carbons (Fsp3) is 0.800. The molecule has 1 rings (SSSR count). The van der Waals surface area contributed by atoms with E-state index in [1.807, 2.05) is 0 Å². The molecule has 0 saturated heterocycles. The van der Waals surface area contributed by atoms with Gasteiger partial charge in [-0.05, 0) is 19.8 Å². The summed E-state index contributed by atoms with van der Waals surface area (Å²) in [6, 6.07) is -0.148. The Bertz CT molecular complexity index is 310. The molecule has 1 aliphatic rings. The molecule has 1 N–H and O–H groups in total. The molecule has 0 aromatic carbocycles. The van der Waals surface area contributed by atoms with E-state index in [-0.39, 0.29) is 11.3 Å². The van der Waals surface area contributed by atoms with E-state index in [4.69, 9.17) is 6.42 Å². The van der Waals surface area contributed by atoms with E-state index in [0.717, 1.165) is 25.7 Å². The highest BCUT2D eigenvalue weighted by molar-refractivity contribution is 7.90. The second-order valence-electron chi connectivity index (χ2n) is 3.88. The van der Waals surface area contributed by atoms with E-state index in [1.54, 1.807) is 6.92 Å². The Balaban J connectivity index is 2.53. The average Bonchev–Trinajstić information content (AvgIpc) is 2.54. The van der Waals surface area contributed by atoms with Gasteiger partial charge in [0.25, 0.3) is 0 Å². The first-order chi connectivity index (χ1) is 6.56. The summed E-state index contributed by atoms with van der Waals surface area (Å²) in [6.07, 6.45) is 9.19. The maximum absolute atomic E-state index is 11.7. The van der Waals surface area contributed by atoms with Gasteiger partial charge in [-0.1, -0.05) is 12.8 Å². The lowest BCUT2D eigenvalue weighted by molar-refractivity contribution is 0.548. The quantitative estimate of drug-likeness (QED) is 0.718. The van der Waals surface area contributed by atoms with Gasteiger partial charge in [0.05, 0.1) is 5.25 Å². The largest absolute Gasteiger partial charge is 0.214 e. The Labute approximate surface area is 86.3 Å². The van der Waals surface area contributed by atoms with E-state index < -0.39 is 10.0 Å². The zero-order chi connectivity index (χ0) is 10.6. The molecule has 1 saturated carbocycles. The van der Waals surface area contributed by atoms with Crippen molar-refractivity contribution in [2.24, 2.45) is 0 Å². The molecule has 1 aliphatic carbocycles. The summed E-state index contributed by atoms with van der Waals surface area (Å²) in [5, 5.41) is -0.192. The van der Waals surface area contributed by atoms with Crippen LogP contribution in [0.4, 0.5) is 0 Å². The smallest absolute Gasteiger partial charge is 0.212 e. The Morgan fingerprint density at radius 3 is 2.57 bits per heavy atom. The third-order valence-corrected chi connectivity index (χ3v) is 4.61. The van der Waals surface area contributed by atoms with Crippen molar-refractivity contribution in [2.45, 2.75) is 50.3 Å². The molecule has 14 heavy (non-hydrogen) atoms. The van der Waals surface area contributed by atoms with Gasteiger partial charge in [-0.3, -0.25) is 0 Å². The number of sulfonamides is 1. The van der Waals surface area contributed by atoms with Crippen molar-refractivity contribution in [1.82, 2.24) is 4.72 Å². The SMILES string of the molecule is C#CCC(C)NS(=O)(=O)C1CCCC1. The van der Waals surface area contributed by atoms with Crippen LogP contribution in [0, 0.1) is 12.3 Å². The molecule has 0 heterocycles. The van der Waals surface area contributed by atoms with Gasteiger partial charge < -0.3 is 0 Å². The summed E-state index contributed by atoms with van der Waals surface area (Å²) in [5.41, 5.74) is 0. The van der Waals surface area contributed by atoms with Gasteiger partial charge >= 0.3 is 0 Å². The minimum absolute atomic E-state index is 0.148. The molecule has 0 radical (unpaired) electrons. The van der Waals surface area contributed by atoms with Crippen molar-refractivity contribution in [3.8, 4) is 12.3 Å². The number of terminal acetylenes is 1. The summed E-state index contributed by atoms with van der Waals surface area (Å²) >= 11 is 0. The first kappa shape index (κ1) is 11.5. The molecule has 3 nitrogen and oxygen atoms in total. The monoisotopic (exact) mass is 215 g/mol. The van der Waals surface area contributed by atoms with Gasteiger partial charge in [-0.25, -0.2) is 13.1 Å². The summed E-state index contributed by atoms with van der Waals surface area (Å²) in [4.78, 5) is 0. The normalized spacial score (nSPS) is 20.6. The van der Waals surface area contributed by atoms with Crippen LogP contribution in [0.25, 0.3) is 0 Å². The Hall–Kier alpha value is -0.530. The molecule has 0 bridgehead atoms. The minimum Gasteiger partial charge on any atom is -0.212 e. The van der Waals surface area contributed by atoms with Crippen molar-refractivity contribution in [3.05, 3.63) is 0 Å². The van der Waals surface area contributed by atoms with Crippen molar-refractivity contribution in [3.63, 3.8) is 0 Å². The fourth-order valence-electron chi connectivity index (χ4n) is 1.79. The predicted molar refractivity (Wildman–Crippen MR) is 57.2 cm³/mol. The molecule has 1 atom stereocenters.